The standard InChI is InChI=1S/C17H11F6NO2/c18-16(19,20)9-4-10(17(21,22)23)6-11(5-9)24-14(25)12-7-1-2-8(3-7)13(12)15(24)26/h1-2,4-8,12-13H,3H2/t7?,8?,12-,13+. The summed E-state index contributed by atoms with van der Waals surface area (Å²) >= 11 is 0. The van der Waals surface area contributed by atoms with Gasteiger partial charge in [0.1, 0.15) is 0 Å². The van der Waals surface area contributed by atoms with Crippen LogP contribution >= 0.6 is 0 Å². The monoisotopic (exact) mass is 375 g/mol. The lowest BCUT2D eigenvalue weighted by Gasteiger charge is -2.20. The van der Waals surface area contributed by atoms with Crippen LogP contribution in [0.3, 0.4) is 0 Å². The van der Waals surface area contributed by atoms with Gasteiger partial charge < -0.3 is 0 Å². The van der Waals surface area contributed by atoms with E-state index in [0.717, 1.165) is 0 Å². The lowest BCUT2D eigenvalue weighted by Crippen LogP contribution is -2.33. The minimum absolute atomic E-state index is 0.0272. The zero-order chi connectivity index (χ0) is 19.0. The fourth-order valence-electron chi connectivity index (χ4n) is 4.22. The first kappa shape index (κ1) is 17.1. The lowest BCUT2D eigenvalue weighted by atomic mass is 9.85. The first-order valence-corrected chi connectivity index (χ1v) is 7.84. The van der Waals surface area contributed by atoms with Crippen molar-refractivity contribution in [2.24, 2.45) is 23.7 Å². The van der Waals surface area contributed by atoms with Gasteiger partial charge in [-0.15, -0.1) is 0 Å². The minimum Gasteiger partial charge on any atom is -0.274 e. The molecule has 2 fully saturated rings. The largest absolute Gasteiger partial charge is 0.416 e. The predicted molar refractivity (Wildman–Crippen MR) is 76.7 cm³/mol. The van der Waals surface area contributed by atoms with Crippen molar-refractivity contribution in [3.63, 3.8) is 0 Å². The number of carbonyl (C=O) groups excluding carboxylic acids is 2. The molecule has 2 aliphatic carbocycles. The van der Waals surface area contributed by atoms with Crippen LogP contribution in [-0.4, -0.2) is 11.8 Å². The molecule has 1 aromatic carbocycles. The number of imide groups is 1. The number of rotatable bonds is 1. The zero-order valence-electron chi connectivity index (χ0n) is 12.9. The van der Waals surface area contributed by atoms with Gasteiger partial charge in [0.15, 0.2) is 0 Å². The molecular weight excluding hydrogens is 364 g/mol. The molecular formula is C17H11F6NO2. The Morgan fingerprint density at radius 2 is 1.19 bits per heavy atom. The molecule has 9 heteroatoms. The highest BCUT2D eigenvalue weighted by Crippen LogP contribution is 2.53. The smallest absolute Gasteiger partial charge is 0.274 e. The molecule has 0 radical (unpaired) electrons. The normalized spacial score (nSPS) is 30.5. The van der Waals surface area contributed by atoms with Crippen molar-refractivity contribution in [1.82, 2.24) is 0 Å². The third-order valence-corrected chi connectivity index (χ3v) is 5.30. The number of carbonyl (C=O) groups is 2. The molecule has 2 amide bonds. The molecule has 0 spiro atoms. The predicted octanol–water partition coefficient (Wildman–Crippen LogP) is 4.04. The number of benzene rings is 1. The summed E-state index contributed by atoms with van der Waals surface area (Å²) in [4.78, 5) is 25.7. The molecule has 3 aliphatic rings. The van der Waals surface area contributed by atoms with Gasteiger partial charge in [-0.2, -0.15) is 26.3 Å². The van der Waals surface area contributed by atoms with Crippen molar-refractivity contribution >= 4 is 17.5 Å². The van der Waals surface area contributed by atoms with Crippen LogP contribution in [0.15, 0.2) is 30.4 Å². The molecule has 26 heavy (non-hydrogen) atoms. The zero-order valence-corrected chi connectivity index (χ0v) is 12.9. The molecule has 1 heterocycles. The van der Waals surface area contributed by atoms with Crippen LogP contribution in [0.5, 0.6) is 0 Å². The van der Waals surface area contributed by atoms with Crippen LogP contribution in [-0.2, 0) is 21.9 Å². The molecule has 1 aromatic rings. The van der Waals surface area contributed by atoms with E-state index in [2.05, 4.69) is 0 Å². The number of allylic oxidation sites excluding steroid dienone is 2. The van der Waals surface area contributed by atoms with E-state index in [1.807, 2.05) is 0 Å². The van der Waals surface area contributed by atoms with Gasteiger partial charge in [-0.1, -0.05) is 12.2 Å². The van der Waals surface area contributed by atoms with Gasteiger partial charge in [0.05, 0.1) is 28.7 Å². The maximum absolute atomic E-state index is 13.0. The summed E-state index contributed by atoms with van der Waals surface area (Å²) in [5, 5.41) is 0. The van der Waals surface area contributed by atoms with Crippen molar-refractivity contribution in [1.29, 1.82) is 0 Å². The van der Waals surface area contributed by atoms with Gasteiger partial charge in [-0.25, -0.2) is 4.90 Å². The number of hydrogen-bond donors (Lipinski definition) is 0. The van der Waals surface area contributed by atoms with E-state index < -0.39 is 52.8 Å². The fourth-order valence-corrected chi connectivity index (χ4v) is 4.22. The van der Waals surface area contributed by atoms with E-state index >= 15 is 0 Å². The number of anilines is 1. The molecule has 4 rings (SSSR count). The summed E-state index contributed by atoms with van der Waals surface area (Å²) in [5.41, 5.74) is -3.79. The molecule has 3 nitrogen and oxygen atoms in total. The molecule has 1 saturated carbocycles. The average Bonchev–Trinajstić information content (AvgIpc) is 3.19. The van der Waals surface area contributed by atoms with E-state index in [4.69, 9.17) is 0 Å². The van der Waals surface area contributed by atoms with Crippen molar-refractivity contribution in [2.45, 2.75) is 18.8 Å². The van der Waals surface area contributed by atoms with Gasteiger partial charge in [0.25, 0.3) is 0 Å². The first-order chi connectivity index (χ1) is 12.0. The molecule has 138 valence electrons. The van der Waals surface area contributed by atoms with Crippen molar-refractivity contribution in [3.05, 3.63) is 41.5 Å². The second kappa shape index (κ2) is 5.11. The third-order valence-electron chi connectivity index (χ3n) is 5.30. The number of fused-ring (bicyclic) bond motifs is 5. The van der Waals surface area contributed by atoms with Crippen LogP contribution in [0.4, 0.5) is 32.0 Å². The van der Waals surface area contributed by atoms with Gasteiger partial charge in [0.2, 0.25) is 11.8 Å². The highest BCUT2D eigenvalue weighted by Gasteiger charge is 2.59. The highest BCUT2D eigenvalue weighted by atomic mass is 19.4. The van der Waals surface area contributed by atoms with Gasteiger partial charge in [-0.3, -0.25) is 9.59 Å². The lowest BCUT2D eigenvalue weighted by molar-refractivity contribution is -0.143. The third kappa shape index (κ3) is 2.36. The highest BCUT2D eigenvalue weighted by molar-refractivity contribution is 6.22. The number of halogens is 6. The fraction of sp³-hybridized carbons (Fsp3) is 0.412. The Bertz CT molecular complexity index is 778. The average molecular weight is 375 g/mol. The minimum atomic E-state index is -5.04. The summed E-state index contributed by atoms with van der Waals surface area (Å²) < 4.78 is 78.1. The Morgan fingerprint density at radius 1 is 0.769 bits per heavy atom. The molecule has 1 aliphatic heterocycles. The van der Waals surface area contributed by atoms with Crippen LogP contribution in [0, 0.1) is 23.7 Å². The Morgan fingerprint density at radius 3 is 1.58 bits per heavy atom. The topological polar surface area (TPSA) is 37.4 Å². The molecule has 2 bridgehead atoms. The number of nitrogens with zero attached hydrogens (tertiary/aromatic N) is 1. The quantitative estimate of drug-likeness (QED) is 0.422. The molecule has 0 N–H and O–H groups in total. The summed E-state index contributed by atoms with van der Waals surface area (Å²) in [5.74, 6) is -3.27. The van der Waals surface area contributed by atoms with Crippen LogP contribution in [0.25, 0.3) is 0 Å². The maximum Gasteiger partial charge on any atom is 0.416 e. The van der Waals surface area contributed by atoms with E-state index in [0.29, 0.717) is 23.5 Å². The summed E-state index contributed by atoms with van der Waals surface area (Å²) in [6, 6.07) is 0.809. The van der Waals surface area contributed by atoms with Crippen molar-refractivity contribution in [3.8, 4) is 0 Å². The van der Waals surface area contributed by atoms with E-state index in [1.54, 1.807) is 12.2 Å². The first-order valence-electron chi connectivity index (χ1n) is 7.84. The van der Waals surface area contributed by atoms with Crippen LogP contribution < -0.4 is 4.90 Å². The maximum atomic E-state index is 13.0. The summed E-state index contributed by atoms with van der Waals surface area (Å²) in [6.07, 6.45) is -5.91. The number of alkyl halides is 6. The molecule has 4 atom stereocenters. The van der Waals surface area contributed by atoms with Gasteiger partial charge in [0, 0.05) is 0 Å². The number of amides is 2. The van der Waals surface area contributed by atoms with E-state index in [-0.39, 0.29) is 17.9 Å². The van der Waals surface area contributed by atoms with E-state index in [1.165, 1.54) is 0 Å². The summed E-state index contributed by atoms with van der Waals surface area (Å²) in [6.45, 7) is 0. The Hall–Kier alpha value is -2.32. The van der Waals surface area contributed by atoms with Gasteiger partial charge >= 0.3 is 12.4 Å². The molecule has 2 unspecified atom stereocenters. The van der Waals surface area contributed by atoms with Gasteiger partial charge in [-0.05, 0) is 36.5 Å². The number of hydrogen-bond acceptors (Lipinski definition) is 2. The Balaban J connectivity index is 1.81. The molecule has 1 saturated heterocycles. The Labute approximate surface area is 143 Å². The van der Waals surface area contributed by atoms with Crippen molar-refractivity contribution < 1.29 is 35.9 Å². The van der Waals surface area contributed by atoms with Crippen molar-refractivity contribution in [2.75, 3.05) is 4.90 Å². The second-order valence-electron chi connectivity index (χ2n) is 6.78. The summed E-state index contributed by atoms with van der Waals surface area (Å²) in [7, 11) is 0. The van der Waals surface area contributed by atoms with E-state index in [9.17, 15) is 35.9 Å². The van der Waals surface area contributed by atoms with Crippen LogP contribution in [0.2, 0.25) is 0 Å². The van der Waals surface area contributed by atoms with Crippen LogP contribution in [0.1, 0.15) is 17.5 Å². The molecule has 0 aromatic heterocycles. The SMILES string of the molecule is O=C1[C@@H]2C3C=CC(C3)[C@@H]2C(=O)N1c1cc(C(F)(F)F)cc(C(F)(F)F)c1. The second-order valence-corrected chi connectivity index (χ2v) is 6.78. The Kier molecular flexibility index (Phi) is 3.36.